The van der Waals surface area contributed by atoms with E-state index in [2.05, 4.69) is 17.9 Å². The third-order valence-corrected chi connectivity index (χ3v) is 2.66. The summed E-state index contributed by atoms with van der Waals surface area (Å²) < 4.78 is 5.64. The maximum absolute atomic E-state index is 5.71. The minimum absolute atomic E-state index is 0.384. The average molecular weight is 228 g/mol. The van der Waals surface area contributed by atoms with Crippen molar-refractivity contribution in [3.63, 3.8) is 0 Å². The highest BCUT2D eigenvalue weighted by atomic mass is 35.5. The third-order valence-electron chi connectivity index (χ3n) is 2.13. The van der Waals surface area contributed by atoms with E-state index in [-0.39, 0.29) is 0 Å². The number of rotatable bonds is 5. The number of hydrogen-bond acceptors (Lipinski definition) is 2. The quantitative estimate of drug-likeness (QED) is 0.717. The number of nitrogens with zero attached hydrogens (tertiary/aromatic N) is 1. The van der Waals surface area contributed by atoms with Crippen molar-refractivity contribution in [3.8, 4) is 5.75 Å². The molecule has 84 valence electrons. The lowest BCUT2D eigenvalue weighted by molar-refractivity contribution is 0.273. The predicted octanol–water partition coefficient (Wildman–Crippen LogP) is 3.01. The number of alkyl halides is 1. The molecule has 0 bridgehead atoms. The van der Waals surface area contributed by atoms with Crippen LogP contribution in [0.2, 0.25) is 0 Å². The van der Waals surface area contributed by atoms with Crippen molar-refractivity contribution in [2.45, 2.75) is 6.92 Å². The Bertz CT molecular complexity index is 301. The Morgan fingerprint density at radius 1 is 1.40 bits per heavy atom. The van der Waals surface area contributed by atoms with E-state index in [9.17, 15) is 0 Å². The first-order valence-corrected chi connectivity index (χ1v) is 5.63. The van der Waals surface area contributed by atoms with Crippen molar-refractivity contribution in [3.05, 3.63) is 24.3 Å². The summed E-state index contributed by atoms with van der Waals surface area (Å²) in [6.45, 7) is 2.74. The Morgan fingerprint density at radius 2 is 2.13 bits per heavy atom. The molecule has 1 rings (SSSR count). The second kappa shape index (κ2) is 5.86. The number of hydrogen-bond donors (Lipinski definition) is 0. The summed E-state index contributed by atoms with van der Waals surface area (Å²) in [4.78, 5) is 2.05. The highest BCUT2D eigenvalue weighted by Gasteiger charge is 2.02. The number of anilines is 1. The zero-order valence-electron chi connectivity index (χ0n) is 9.53. The van der Waals surface area contributed by atoms with Gasteiger partial charge in [-0.25, -0.2) is 0 Å². The highest BCUT2D eigenvalue weighted by Crippen LogP contribution is 2.19. The van der Waals surface area contributed by atoms with Gasteiger partial charge in [0, 0.05) is 37.6 Å². The lowest BCUT2D eigenvalue weighted by Gasteiger charge is -2.15. The van der Waals surface area contributed by atoms with Crippen LogP contribution in [0.25, 0.3) is 0 Å². The molecule has 0 aliphatic carbocycles. The molecule has 0 aliphatic heterocycles. The molecule has 0 radical (unpaired) electrons. The monoisotopic (exact) mass is 227 g/mol. The summed E-state index contributed by atoms with van der Waals surface area (Å²) in [6, 6.07) is 8.04. The molecule has 1 aromatic rings. The van der Waals surface area contributed by atoms with Crippen LogP contribution in [0.4, 0.5) is 5.69 Å². The van der Waals surface area contributed by atoms with Gasteiger partial charge in [0.1, 0.15) is 5.75 Å². The van der Waals surface area contributed by atoms with Crippen LogP contribution in [-0.2, 0) is 0 Å². The summed E-state index contributed by atoms with van der Waals surface area (Å²) in [7, 11) is 4.03. The molecular formula is C12H18ClNO. The Morgan fingerprint density at radius 3 is 2.73 bits per heavy atom. The van der Waals surface area contributed by atoms with Crippen molar-refractivity contribution >= 4 is 17.3 Å². The SMILES string of the molecule is CC(CCl)COc1cccc(N(C)C)c1. The normalized spacial score (nSPS) is 12.3. The Balaban J connectivity index is 2.58. The van der Waals surface area contributed by atoms with Crippen LogP contribution in [0.15, 0.2) is 24.3 Å². The fourth-order valence-electron chi connectivity index (χ4n) is 1.13. The molecule has 0 saturated heterocycles. The highest BCUT2D eigenvalue weighted by molar-refractivity contribution is 6.18. The van der Waals surface area contributed by atoms with Crippen molar-refractivity contribution in [2.75, 3.05) is 31.5 Å². The molecule has 0 amide bonds. The summed E-state index contributed by atoms with van der Waals surface area (Å²) in [6.07, 6.45) is 0. The summed E-state index contributed by atoms with van der Waals surface area (Å²) >= 11 is 5.71. The van der Waals surface area contributed by atoms with Crippen LogP contribution in [0, 0.1) is 5.92 Å². The van der Waals surface area contributed by atoms with E-state index in [0.717, 1.165) is 11.4 Å². The summed E-state index contributed by atoms with van der Waals surface area (Å²) in [5, 5.41) is 0. The maximum Gasteiger partial charge on any atom is 0.121 e. The van der Waals surface area contributed by atoms with E-state index in [4.69, 9.17) is 16.3 Å². The zero-order chi connectivity index (χ0) is 11.3. The van der Waals surface area contributed by atoms with Crippen molar-refractivity contribution in [2.24, 2.45) is 5.92 Å². The van der Waals surface area contributed by atoms with Gasteiger partial charge in [0.2, 0.25) is 0 Å². The topological polar surface area (TPSA) is 12.5 Å². The Hall–Kier alpha value is -0.890. The second-order valence-electron chi connectivity index (χ2n) is 3.96. The molecule has 1 atom stereocenters. The fourth-order valence-corrected chi connectivity index (χ4v) is 1.22. The molecule has 0 spiro atoms. The molecule has 3 heteroatoms. The Kier molecular flexibility index (Phi) is 4.76. The molecule has 0 aromatic heterocycles. The molecule has 0 N–H and O–H groups in total. The molecule has 1 unspecified atom stereocenters. The first-order valence-electron chi connectivity index (χ1n) is 5.09. The van der Waals surface area contributed by atoms with Gasteiger partial charge in [-0.3, -0.25) is 0 Å². The van der Waals surface area contributed by atoms with Gasteiger partial charge in [-0.05, 0) is 12.1 Å². The minimum atomic E-state index is 0.384. The summed E-state index contributed by atoms with van der Waals surface area (Å²) in [5.74, 6) is 1.92. The van der Waals surface area contributed by atoms with Gasteiger partial charge in [-0.1, -0.05) is 13.0 Å². The maximum atomic E-state index is 5.71. The van der Waals surface area contributed by atoms with Crippen LogP contribution >= 0.6 is 11.6 Å². The van der Waals surface area contributed by atoms with Gasteiger partial charge in [0.05, 0.1) is 6.61 Å². The van der Waals surface area contributed by atoms with E-state index in [1.807, 2.05) is 32.3 Å². The number of halogens is 1. The van der Waals surface area contributed by atoms with Gasteiger partial charge in [0.15, 0.2) is 0 Å². The zero-order valence-corrected chi connectivity index (χ0v) is 10.3. The smallest absolute Gasteiger partial charge is 0.121 e. The molecule has 0 heterocycles. The van der Waals surface area contributed by atoms with Crippen molar-refractivity contribution < 1.29 is 4.74 Å². The standard InChI is InChI=1S/C12H18ClNO/c1-10(8-13)9-15-12-6-4-5-11(7-12)14(2)3/h4-7,10H,8-9H2,1-3H3. The molecule has 1 aromatic carbocycles. The van der Waals surface area contributed by atoms with Crippen molar-refractivity contribution in [1.29, 1.82) is 0 Å². The Labute approximate surface area is 96.8 Å². The lowest BCUT2D eigenvalue weighted by atomic mass is 10.2. The van der Waals surface area contributed by atoms with Crippen molar-refractivity contribution in [1.82, 2.24) is 0 Å². The van der Waals surface area contributed by atoms with Gasteiger partial charge in [-0.2, -0.15) is 0 Å². The van der Waals surface area contributed by atoms with Crippen LogP contribution < -0.4 is 9.64 Å². The van der Waals surface area contributed by atoms with E-state index in [0.29, 0.717) is 18.4 Å². The van der Waals surface area contributed by atoms with E-state index >= 15 is 0 Å². The van der Waals surface area contributed by atoms with Crippen LogP contribution in [0.3, 0.4) is 0 Å². The number of benzene rings is 1. The number of ether oxygens (including phenoxy) is 1. The van der Waals surface area contributed by atoms with Crippen LogP contribution in [-0.4, -0.2) is 26.6 Å². The molecule has 0 fully saturated rings. The lowest BCUT2D eigenvalue weighted by Crippen LogP contribution is -2.11. The fraction of sp³-hybridized carbons (Fsp3) is 0.500. The minimum Gasteiger partial charge on any atom is -0.493 e. The van der Waals surface area contributed by atoms with E-state index in [1.54, 1.807) is 0 Å². The second-order valence-corrected chi connectivity index (χ2v) is 4.27. The largest absolute Gasteiger partial charge is 0.493 e. The molecule has 0 aliphatic rings. The van der Waals surface area contributed by atoms with E-state index < -0.39 is 0 Å². The average Bonchev–Trinajstić information content (AvgIpc) is 2.26. The van der Waals surface area contributed by atoms with Gasteiger partial charge >= 0.3 is 0 Å². The molecule has 2 nitrogen and oxygen atoms in total. The predicted molar refractivity (Wildman–Crippen MR) is 66.1 cm³/mol. The first-order chi connectivity index (χ1) is 7.13. The molecule has 0 saturated carbocycles. The summed E-state index contributed by atoms with van der Waals surface area (Å²) in [5.41, 5.74) is 1.14. The van der Waals surface area contributed by atoms with Gasteiger partial charge in [-0.15, -0.1) is 11.6 Å². The van der Waals surface area contributed by atoms with E-state index in [1.165, 1.54) is 0 Å². The third kappa shape index (κ3) is 4.00. The molecule has 15 heavy (non-hydrogen) atoms. The van der Waals surface area contributed by atoms with Crippen LogP contribution in [0.1, 0.15) is 6.92 Å². The first kappa shape index (κ1) is 12.2. The molecular weight excluding hydrogens is 210 g/mol. The van der Waals surface area contributed by atoms with Crippen LogP contribution in [0.5, 0.6) is 5.75 Å². The van der Waals surface area contributed by atoms with Gasteiger partial charge < -0.3 is 9.64 Å². The van der Waals surface area contributed by atoms with Gasteiger partial charge in [0.25, 0.3) is 0 Å².